The van der Waals surface area contributed by atoms with Crippen LogP contribution in [0.3, 0.4) is 0 Å². The van der Waals surface area contributed by atoms with Gasteiger partial charge in [0.1, 0.15) is 30.2 Å². The van der Waals surface area contributed by atoms with Crippen molar-refractivity contribution >= 4 is 17.0 Å². The van der Waals surface area contributed by atoms with Gasteiger partial charge in [0.25, 0.3) is 0 Å². The first-order chi connectivity index (χ1) is 10.6. The molecule has 1 fully saturated rings. The first-order valence-electron chi connectivity index (χ1n) is 7.15. The van der Waals surface area contributed by atoms with E-state index in [0.717, 1.165) is 6.42 Å². The van der Waals surface area contributed by atoms with E-state index in [1.165, 1.54) is 12.7 Å². The van der Waals surface area contributed by atoms with Crippen LogP contribution in [0.2, 0.25) is 0 Å². The van der Waals surface area contributed by atoms with Crippen molar-refractivity contribution in [3.05, 3.63) is 12.7 Å². The lowest BCUT2D eigenvalue weighted by Gasteiger charge is -2.16. The highest BCUT2D eigenvalue weighted by molar-refractivity contribution is 5.81. The maximum atomic E-state index is 10.2. The van der Waals surface area contributed by atoms with Crippen molar-refractivity contribution in [3.63, 3.8) is 0 Å². The van der Waals surface area contributed by atoms with Crippen LogP contribution in [0.1, 0.15) is 19.6 Å². The molecule has 0 amide bonds. The van der Waals surface area contributed by atoms with E-state index in [0.29, 0.717) is 17.8 Å². The molecule has 4 atom stereocenters. The number of aliphatic hydroxyl groups is 2. The van der Waals surface area contributed by atoms with E-state index in [1.807, 2.05) is 6.92 Å². The molecule has 2 aromatic heterocycles. The second-order valence-electron chi connectivity index (χ2n) is 5.20. The molecule has 4 N–H and O–H groups in total. The Labute approximate surface area is 126 Å². The van der Waals surface area contributed by atoms with Crippen LogP contribution in [-0.2, 0) is 9.47 Å². The van der Waals surface area contributed by atoms with E-state index in [2.05, 4.69) is 15.0 Å². The number of nitrogens with two attached hydrogens (primary N) is 1. The molecule has 120 valence electrons. The maximum Gasteiger partial charge on any atom is 0.167 e. The van der Waals surface area contributed by atoms with Crippen molar-refractivity contribution in [2.45, 2.75) is 37.9 Å². The van der Waals surface area contributed by atoms with E-state index >= 15 is 0 Å². The normalized spacial score (nSPS) is 28.5. The van der Waals surface area contributed by atoms with Gasteiger partial charge in [-0.05, 0) is 6.42 Å². The maximum absolute atomic E-state index is 10.2. The number of nitrogen functional groups attached to an aromatic ring is 1. The van der Waals surface area contributed by atoms with Gasteiger partial charge in [0.15, 0.2) is 17.7 Å². The highest BCUT2D eigenvalue weighted by Crippen LogP contribution is 2.32. The van der Waals surface area contributed by atoms with Crippen LogP contribution in [0.15, 0.2) is 12.7 Å². The molecule has 0 aliphatic carbocycles. The summed E-state index contributed by atoms with van der Waals surface area (Å²) in [4.78, 5) is 12.1. The Morgan fingerprint density at radius 1 is 1.32 bits per heavy atom. The number of anilines is 1. The first kappa shape index (κ1) is 15.1. The Morgan fingerprint density at radius 2 is 2.14 bits per heavy atom. The van der Waals surface area contributed by atoms with E-state index in [4.69, 9.17) is 15.2 Å². The van der Waals surface area contributed by atoms with Gasteiger partial charge in [0.2, 0.25) is 0 Å². The topological polar surface area (TPSA) is 129 Å². The molecule has 9 nitrogen and oxygen atoms in total. The number of ether oxygens (including phenoxy) is 2. The van der Waals surface area contributed by atoms with Crippen molar-refractivity contribution in [2.75, 3.05) is 18.9 Å². The van der Waals surface area contributed by atoms with Crippen LogP contribution >= 0.6 is 0 Å². The zero-order valence-corrected chi connectivity index (χ0v) is 12.2. The number of rotatable bonds is 5. The fraction of sp³-hybridized carbons (Fsp3) is 0.615. The number of fused-ring (bicyclic) bond motifs is 1. The third-order valence-corrected chi connectivity index (χ3v) is 3.63. The molecule has 0 saturated carbocycles. The molecule has 2 aromatic rings. The number of hydrogen-bond acceptors (Lipinski definition) is 8. The standard InChI is InChI=1S/C13H19N5O4/c1-2-3-21-4-7-9(19)10(20)13(22-7)18-6-17-8-11(14)15-5-16-12(8)18/h5-7,9-10,13,19-20H,2-4H2,1H3,(H2,14,15,16)/t7-,9-,10-,13-/m1/s1. The van der Waals surface area contributed by atoms with Crippen LogP contribution < -0.4 is 5.73 Å². The summed E-state index contributed by atoms with van der Waals surface area (Å²) in [5.41, 5.74) is 6.61. The predicted molar refractivity (Wildman–Crippen MR) is 76.8 cm³/mol. The molecule has 0 spiro atoms. The van der Waals surface area contributed by atoms with Crippen LogP contribution in [0.25, 0.3) is 11.2 Å². The summed E-state index contributed by atoms with van der Waals surface area (Å²) in [5.74, 6) is 0.250. The molecule has 9 heteroatoms. The molecule has 1 saturated heterocycles. The molecule has 3 heterocycles. The second kappa shape index (κ2) is 6.13. The highest BCUT2D eigenvalue weighted by atomic mass is 16.6. The van der Waals surface area contributed by atoms with Crippen molar-refractivity contribution in [1.82, 2.24) is 19.5 Å². The number of aromatic nitrogens is 4. The summed E-state index contributed by atoms with van der Waals surface area (Å²) in [6.07, 6.45) is 0.0908. The van der Waals surface area contributed by atoms with E-state index in [1.54, 1.807) is 4.57 Å². The van der Waals surface area contributed by atoms with Gasteiger partial charge < -0.3 is 25.4 Å². The van der Waals surface area contributed by atoms with Crippen LogP contribution in [-0.4, -0.2) is 61.3 Å². The number of hydrogen-bond donors (Lipinski definition) is 3. The smallest absolute Gasteiger partial charge is 0.167 e. The minimum Gasteiger partial charge on any atom is -0.387 e. The Morgan fingerprint density at radius 3 is 2.91 bits per heavy atom. The summed E-state index contributed by atoms with van der Waals surface area (Å²) >= 11 is 0. The molecule has 0 radical (unpaired) electrons. The lowest BCUT2D eigenvalue weighted by molar-refractivity contribution is -0.0652. The van der Waals surface area contributed by atoms with Crippen molar-refractivity contribution in [3.8, 4) is 0 Å². The molecular formula is C13H19N5O4. The predicted octanol–water partition coefficient (Wildman–Crippen LogP) is -0.546. The van der Waals surface area contributed by atoms with Gasteiger partial charge in [0, 0.05) is 6.61 Å². The average Bonchev–Trinajstić information content (AvgIpc) is 3.05. The third-order valence-electron chi connectivity index (χ3n) is 3.63. The molecule has 1 aliphatic rings. The largest absolute Gasteiger partial charge is 0.387 e. The van der Waals surface area contributed by atoms with Crippen molar-refractivity contribution in [2.24, 2.45) is 0 Å². The lowest BCUT2D eigenvalue weighted by atomic mass is 10.1. The monoisotopic (exact) mass is 309 g/mol. The van der Waals surface area contributed by atoms with Crippen molar-refractivity contribution in [1.29, 1.82) is 0 Å². The summed E-state index contributed by atoms with van der Waals surface area (Å²) in [6.45, 7) is 2.78. The van der Waals surface area contributed by atoms with E-state index in [9.17, 15) is 10.2 Å². The molecular weight excluding hydrogens is 290 g/mol. The minimum absolute atomic E-state index is 0.215. The number of imidazole rings is 1. The molecule has 1 aliphatic heterocycles. The van der Waals surface area contributed by atoms with Gasteiger partial charge in [-0.3, -0.25) is 4.57 Å². The van der Waals surface area contributed by atoms with Gasteiger partial charge in [-0.2, -0.15) is 0 Å². The Balaban J connectivity index is 1.83. The fourth-order valence-corrected chi connectivity index (χ4v) is 2.50. The zero-order valence-electron chi connectivity index (χ0n) is 12.2. The summed E-state index contributed by atoms with van der Waals surface area (Å²) in [6, 6.07) is 0. The molecule has 0 bridgehead atoms. The average molecular weight is 309 g/mol. The van der Waals surface area contributed by atoms with Crippen molar-refractivity contribution < 1.29 is 19.7 Å². The van der Waals surface area contributed by atoms with E-state index in [-0.39, 0.29) is 12.4 Å². The fourth-order valence-electron chi connectivity index (χ4n) is 2.50. The van der Waals surface area contributed by atoms with Gasteiger partial charge in [0.05, 0.1) is 12.9 Å². The highest BCUT2D eigenvalue weighted by Gasteiger charge is 2.44. The minimum atomic E-state index is -1.11. The Bertz CT molecular complexity index is 648. The van der Waals surface area contributed by atoms with Crippen LogP contribution in [0.4, 0.5) is 5.82 Å². The van der Waals surface area contributed by atoms with Crippen LogP contribution in [0.5, 0.6) is 0 Å². The third kappa shape index (κ3) is 2.52. The van der Waals surface area contributed by atoms with Gasteiger partial charge in [-0.25, -0.2) is 15.0 Å². The Hall–Kier alpha value is -1.81. The summed E-state index contributed by atoms with van der Waals surface area (Å²) in [5, 5.41) is 20.3. The zero-order chi connectivity index (χ0) is 15.7. The molecule has 0 unspecified atom stereocenters. The molecule has 3 rings (SSSR count). The lowest BCUT2D eigenvalue weighted by Crippen LogP contribution is -2.33. The SMILES string of the molecule is CCCOC[C@H]1O[C@@H](n2cnc3c(N)ncnc32)[C@H](O)[C@@H]1O. The van der Waals surface area contributed by atoms with Gasteiger partial charge in [-0.15, -0.1) is 0 Å². The van der Waals surface area contributed by atoms with E-state index < -0.39 is 24.5 Å². The molecule has 22 heavy (non-hydrogen) atoms. The second-order valence-corrected chi connectivity index (χ2v) is 5.20. The Kier molecular flexibility index (Phi) is 4.21. The van der Waals surface area contributed by atoms with Gasteiger partial charge >= 0.3 is 0 Å². The summed E-state index contributed by atoms with van der Waals surface area (Å²) < 4.78 is 12.7. The quantitative estimate of drug-likeness (QED) is 0.628. The summed E-state index contributed by atoms with van der Waals surface area (Å²) in [7, 11) is 0. The first-order valence-corrected chi connectivity index (χ1v) is 7.15. The van der Waals surface area contributed by atoms with Gasteiger partial charge in [-0.1, -0.05) is 6.92 Å². The number of nitrogens with zero attached hydrogens (tertiary/aromatic N) is 4. The number of aliphatic hydroxyl groups excluding tert-OH is 2. The van der Waals surface area contributed by atoms with Crippen LogP contribution in [0, 0.1) is 0 Å². The molecule has 0 aromatic carbocycles.